The van der Waals surface area contributed by atoms with E-state index in [1.807, 2.05) is 0 Å². The minimum absolute atomic E-state index is 0.117. The topological polar surface area (TPSA) is 41.5 Å². The predicted molar refractivity (Wildman–Crippen MR) is 75.8 cm³/mol. The second kappa shape index (κ2) is 8.13. The normalized spacial score (nSPS) is 19.2. The number of rotatable bonds is 11. The molecule has 0 saturated heterocycles. The van der Waals surface area contributed by atoms with Gasteiger partial charge in [0.2, 0.25) is 0 Å². The molecule has 0 amide bonds. The van der Waals surface area contributed by atoms with E-state index in [-0.39, 0.29) is 12.1 Å². The summed E-state index contributed by atoms with van der Waals surface area (Å²) in [7, 11) is 0. The third-order valence-corrected chi connectivity index (χ3v) is 3.89. The molecule has 1 aliphatic rings. The van der Waals surface area contributed by atoms with Crippen LogP contribution in [0.3, 0.4) is 0 Å². The van der Waals surface area contributed by atoms with Crippen LogP contribution in [0.2, 0.25) is 0 Å². The highest BCUT2D eigenvalue weighted by Gasteiger charge is 2.27. The fraction of sp³-hybridized carbons (Fsp3) is 1.00. The van der Waals surface area contributed by atoms with Crippen LogP contribution in [0.4, 0.5) is 0 Å². The first-order chi connectivity index (χ1) is 8.62. The Kier molecular flexibility index (Phi) is 7.20. The quantitative estimate of drug-likeness (QED) is 0.559. The number of hydrogen-bond acceptors (Lipinski definition) is 3. The van der Waals surface area contributed by atoms with Crippen LogP contribution in [0.1, 0.15) is 59.3 Å². The molecule has 0 aromatic rings. The molecule has 1 rings (SSSR count). The van der Waals surface area contributed by atoms with Gasteiger partial charge in [-0.1, -0.05) is 33.6 Å². The smallest absolute Gasteiger partial charge is 0.0613 e. The molecule has 1 fully saturated rings. The summed E-state index contributed by atoms with van der Waals surface area (Å²) in [6.07, 6.45) is 7.03. The number of aliphatic hydroxyl groups excluding tert-OH is 1. The number of hydrogen-bond donors (Lipinski definition) is 2. The van der Waals surface area contributed by atoms with Crippen LogP contribution in [0.15, 0.2) is 0 Å². The van der Waals surface area contributed by atoms with Crippen LogP contribution < -0.4 is 5.32 Å². The van der Waals surface area contributed by atoms with Gasteiger partial charge >= 0.3 is 0 Å². The van der Waals surface area contributed by atoms with Crippen molar-refractivity contribution in [2.45, 2.75) is 70.9 Å². The zero-order valence-corrected chi connectivity index (χ0v) is 12.4. The Morgan fingerprint density at radius 2 is 2.06 bits per heavy atom. The molecule has 0 radical (unpaired) electrons. The van der Waals surface area contributed by atoms with Crippen molar-refractivity contribution in [1.29, 1.82) is 0 Å². The van der Waals surface area contributed by atoms with Crippen molar-refractivity contribution < 1.29 is 9.84 Å². The van der Waals surface area contributed by atoms with E-state index >= 15 is 0 Å². The summed E-state index contributed by atoms with van der Waals surface area (Å²) >= 11 is 0. The zero-order valence-electron chi connectivity index (χ0n) is 12.4. The van der Waals surface area contributed by atoms with Gasteiger partial charge in [0.05, 0.1) is 6.61 Å². The highest BCUT2D eigenvalue weighted by Crippen LogP contribution is 2.32. The molecule has 18 heavy (non-hydrogen) atoms. The largest absolute Gasteiger partial charge is 0.394 e. The molecule has 0 bridgehead atoms. The first-order valence-electron chi connectivity index (χ1n) is 7.58. The lowest BCUT2D eigenvalue weighted by Crippen LogP contribution is -2.51. The van der Waals surface area contributed by atoms with Crippen molar-refractivity contribution in [1.82, 2.24) is 5.32 Å². The molecule has 1 saturated carbocycles. The molecule has 3 heteroatoms. The van der Waals surface area contributed by atoms with Gasteiger partial charge in [0.25, 0.3) is 0 Å². The van der Waals surface area contributed by atoms with E-state index in [0.717, 1.165) is 38.4 Å². The summed E-state index contributed by atoms with van der Waals surface area (Å²) in [5.74, 6) is 0.958. The molecule has 1 aliphatic carbocycles. The minimum Gasteiger partial charge on any atom is -0.394 e. The van der Waals surface area contributed by atoms with Crippen molar-refractivity contribution in [3.8, 4) is 0 Å². The predicted octanol–water partition coefficient (Wildman–Crippen LogP) is 2.72. The number of aliphatic hydroxyl groups is 1. The van der Waals surface area contributed by atoms with Gasteiger partial charge in [0.1, 0.15) is 0 Å². The lowest BCUT2D eigenvalue weighted by molar-refractivity contribution is 0.0961. The fourth-order valence-electron chi connectivity index (χ4n) is 2.47. The third kappa shape index (κ3) is 6.17. The Bertz CT molecular complexity index is 211. The Morgan fingerprint density at radius 3 is 2.56 bits per heavy atom. The lowest BCUT2D eigenvalue weighted by atomic mass is 9.90. The van der Waals surface area contributed by atoms with E-state index in [9.17, 15) is 5.11 Å². The van der Waals surface area contributed by atoms with E-state index < -0.39 is 0 Å². The molecule has 0 aliphatic heterocycles. The van der Waals surface area contributed by atoms with E-state index in [1.54, 1.807) is 0 Å². The van der Waals surface area contributed by atoms with E-state index in [1.165, 1.54) is 19.3 Å². The van der Waals surface area contributed by atoms with Gasteiger partial charge < -0.3 is 15.2 Å². The maximum atomic E-state index is 9.61. The summed E-state index contributed by atoms with van der Waals surface area (Å²) in [5.41, 5.74) is -0.117. The third-order valence-electron chi connectivity index (χ3n) is 3.89. The molecule has 0 spiro atoms. The van der Waals surface area contributed by atoms with Gasteiger partial charge in [-0.3, -0.25) is 0 Å². The van der Waals surface area contributed by atoms with E-state index in [0.29, 0.717) is 6.04 Å². The molecular weight excluding hydrogens is 226 g/mol. The van der Waals surface area contributed by atoms with Gasteiger partial charge in [0.15, 0.2) is 0 Å². The summed E-state index contributed by atoms with van der Waals surface area (Å²) in [6.45, 7) is 8.36. The molecule has 0 aromatic carbocycles. The first kappa shape index (κ1) is 15.9. The molecule has 2 N–H and O–H groups in total. The number of ether oxygens (including phenoxy) is 1. The maximum Gasteiger partial charge on any atom is 0.0613 e. The van der Waals surface area contributed by atoms with Gasteiger partial charge in [-0.25, -0.2) is 0 Å². The molecule has 1 atom stereocenters. The van der Waals surface area contributed by atoms with Crippen molar-refractivity contribution in [3.05, 3.63) is 0 Å². The summed E-state index contributed by atoms with van der Waals surface area (Å²) < 4.78 is 5.66. The minimum atomic E-state index is -0.117. The van der Waals surface area contributed by atoms with Crippen molar-refractivity contribution >= 4 is 0 Å². The van der Waals surface area contributed by atoms with Crippen LogP contribution in [0.5, 0.6) is 0 Å². The van der Waals surface area contributed by atoms with Gasteiger partial charge in [-0.2, -0.15) is 0 Å². The summed E-state index contributed by atoms with van der Waals surface area (Å²) in [6, 6.07) is 0.410. The standard InChI is InChI=1S/C15H31NO2/c1-4-15(12-17,16-13(2)3)9-5-10-18-11-8-14-6-7-14/h13-14,16-17H,4-12H2,1-3H3. The zero-order chi connectivity index (χ0) is 13.4. The maximum absolute atomic E-state index is 9.61. The molecule has 108 valence electrons. The molecule has 1 unspecified atom stereocenters. The van der Waals surface area contributed by atoms with Crippen LogP contribution in [-0.4, -0.2) is 36.5 Å². The molecule has 0 aromatic heterocycles. The molecule has 0 heterocycles. The van der Waals surface area contributed by atoms with E-state index in [2.05, 4.69) is 26.1 Å². The van der Waals surface area contributed by atoms with Crippen LogP contribution in [-0.2, 0) is 4.74 Å². The SMILES string of the molecule is CCC(CO)(CCCOCCC1CC1)NC(C)C. The second-order valence-corrected chi connectivity index (χ2v) is 6.04. The number of nitrogens with one attached hydrogen (secondary N) is 1. The highest BCUT2D eigenvalue weighted by molar-refractivity contribution is 4.87. The first-order valence-corrected chi connectivity index (χ1v) is 7.58. The highest BCUT2D eigenvalue weighted by atomic mass is 16.5. The van der Waals surface area contributed by atoms with Crippen molar-refractivity contribution in [3.63, 3.8) is 0 Å². The molecular formula is C15H31NO2. The lowest BCUT2D eigenvalue weighted by Gasteiger charge is -2.34. The van der Waals surface area contributed by atoms with Crippen LogP contribution >= 0.6 is 0 Å². The van der Waals surface area contributed by atoms with Crippen molar-refractivity contribution in [2.24, 2.45) is 5.92 Å². The van der Waals surface area contributed by atoms with Crippen molar-refractivity contribution in [2.75, 3.05) is 19.8 Å². The summed E-state index contributed by atoms with van der Waals surface area (Å²) in [4.78, 5) is 0. The Morgan fingerprint density at radius 1 is 1.33 bits per heavy atom. The average molecular weight is 257 g/mol. The Labute approximate surface area is 112 Å². The Hall–Kier alpha value is -0.120. The van der Waals surface area contributed by atoms with Gasteiger partial charge in [-0.05, 0) is 31.6 Å². The molecule has 3 nitrogen and oxygen atoms in total. The van der Waals surface area contributed by atoms with E-state index in [4.69, 9.17) is 4.74 Å². The summed E-state index contributed by atoms with van der Waals surface area (Å²) in [5, 5.41) is 13.1. The van der Waals surface area contributed by atoms with Crippen LogP contribution in [0.25, 0.3) is 0 Å². The fourth-order valence-corrected chi connectivity index (χ4v) is 2.47. The Balaban J connectivity index is 2.11. The van der Waals surface area contributed by atoms with Gasteiger partial charge in [-0.15, -0.1) is 0 Å². The monoisotopic (exact) mass is 257 g/mol. The van der Waals surface area contributed by atoms with Crippen LogP contribution in [0, 0.1) is 5.92 Å². The second-order valence-electron chi connectivity index (χ2n) is 6.04. The average Bonchev–Trinajstić information content (AvgIpc) is 3.15. The van der Waals surface area contributed by atoms with Gasteiger partial charge in [0, 0.05) is 24.8 Å².